The van der Waals surface area contributed by atoms with Crippen LogP contribution in [0.5, 0.6) is 5.75 Å². The molecule has 1 saturated heterocycles. The highest BCUT2D eigenvalue weighted by Crippen LogP contribution is 2.43. The van der Waals surface area contributed by atoms with Gasteiger partial charge in [-0.05, 0) is 32.0 Å². The van der Waals surface area contributed by atoms with Gasteiger partial charge >= 0.3 is 6.18 Å². The van der Waals surface area contributed by atoms with E-state index in [1.807, 2.05) is 0 Å². The molecule has 172 valence electrons. The Kier molecular flexibility index (Phi) is 5.72. The molecule has 3 atom stereocenters. The Morgan fingerprint density at radius 3 is 2.78 bits per heavy atom. The standard InChI is InChI=1S/C21H23F4N5O2/c1-20(31,21(23,24)25)12-11-30-16(10-27-19(30)8-17(12)32-2)14-4-3-5-18(28-14)29-15-9-26-7-6-13(15)22/h3-5,8,10-11,13,15,26,31H,6-7,9H2,1-2H3,(H,28,29)/t13-,15-,20-/m0/s1. The molecule has 1 fully saturated rings. The number of aliphatic hydroxyl groups is 1. The molecule has 0 aliphatic carbocycles. The molecular formula is C21H23F4N5O2. The number of piperidine rings is 1. The molecule has 3 aromatic rings. The van der Waals surface area contributed by atoms with E-state index < -0.39 is 29.6 Å². The molecule has 3 aromatic heterocycles. The summed E-state index contributed by atoms with van der Waals surface area (Å²) in [6.07, 6.45) is -2.93. The minimum absolute atomic E-state index is 0.140. The van der Waals surface area contributed by atoms with Gasteiger partial charge in [0.25, 0.3) is 0 Å². The van der Waals surface area contributed by atoms with Crippen molar-refractivity contribution in [2.45, 2.75) is 37.3 Å². The number of halogens is 4. The van der Waals surface area contributed by atoms with Gasteiger partial charge in [-0.3, -0.25) is 4.40 Å². The molecule has 4 rings (SSSR count). The van der Waals surface area contributed by atoms with Crippen LogP contribution in [-0.2, 0) is 5.60 Å². The zero-order valence-corrected chi connectivity index (χ0v) is 17.4. The van der Waals surface area contributed by atoms with Crippen LogP contribution in [0.2, 0.25) is 0 Å². The van der Waals surface area contributed by atoms with E-state index >= 15 is 0 Å². The summed E-state index contributed by atoms with van der Waals surface area (Å²) in [5.41, 5.74) is -2.45. The number of rotatable bonds is 5. The molecule has 11 heteroatoms. The monoisotopic (exact) mass is 453 g/mol. The molecule has 4 heterocycles. The van der Waals surface area contributed by atoms with E-state index in [0.717, 1.165) is 6.20 Å². The second-order valence-electron chi connectivity index (χ2n) is 7.86. The fraction of sp³-hybridized carbons (Fsp3) is 0.429. The number of alkyl halides is 4. The number of imidazole rings is 1. The van der Waals surface area contributed by atoms with E-state index in [1.165, 1.54) is 23.8 Å². The van der Waals surface area contributed by atoms with Gasteiger partial charge in [0.2, 0.25) is 0 Å². The first-order valence-electron chi connectivity index (χ1n) is 10.0. The molecule has 32 heavy (non-hydrogen) atoms. The maximum Gasteiger partial charge on any atom is 0.421 e. The van der Waals surface area contributed by atoms with Gasteiger partial charge in [0.1, 0.15) is 23.4 Å². The molecule has 7 nitrogen and oxygen atoms in total. The van der Waals surface area contributed by atoms with E-state index in [9.17, 15) is 22.7 Å². The van der Waals surface area contributed by atoms with Gasteiger partial charge in [0.15, 0.2) is 5.60 Å². The number of ether oxygens (including phenoxy) is 1. The van der Waals surface area contributed by atoms with E-state index in [1.54, 1.807) is 18.2 Å². The van der Waals surface area contributed by atoms with Gasteiger partial charge in [-0.2, -0.15) is 13.2 Å². The summed E-state index contributed by atoms with van der Waals surface area (Å²) in [6, 6.07) is 5.96. The SMILES string of the molecule is COc1cc2ncc(-c3cccc(N[C@H]4CNCC[C@@H]4F)n3)n2cc1[C@](C)(O)C(F)(F)F. The summed E-state index contributed by atoms with van der Waals surface area (Å²) in [5.74, 6) is 0.295. The molecule has 0 amide bonds. The minimum Gasteiger partial charge on any atom is -0.496 e. The van der Waals surface area contributed by atoms with Crippen molar-refractivity contribution in [2.75, 3.05) is 25.5 Å². The van der Waals surface area contributed by atoms with Crippen molar-refractivity contribution in [3.63, 3.8) is 0 Å². The van der Waals surface area contributed by atoms with Gasteiger partial charge in [-0.25, -0.2) is 14.4 Å². The van der Waals surface area contributed by atoms with Gasteiger partial charge in [-0.1, -0.05) is 6.07 Å². The molecule has 0 unspecified atom stereocenters. The Balaban J connectivity index is 1.75. The number of methoxy groups -OCH3 is 1. The van der Waals surface area contributed by atoms with Crippen LogP contribution in [0.1, 0.15) is 18.9 Å². The van der Waals surface area contributed by atoms with E-state index in [0.29, 0.717) is 49.3 Å². The number of hydrogen-bond acceptors (Lipinski definition) is 6. The number of fused-ring (bicyclic) bond motifs is 1. The molecule has 0 spiro atoms. The Bertz CT molecular complexity index is 1120. The van der Waals surface area contributed by atoms with Crippen molar-refractivity contribution < 1.29 is 27.4 Å². The highest BCUT2D eigenvalue weighted by molar-refractivity contribution is 5.64. The predicted octanol–water partition coefficient (Wildman–Crippen LogP) is 3.29. The average molecular weight is 453 g/mol. The lowest BCUT2D eigenvalue weighted by molar-refractivity contribution is -0.259. The zero-order valence-electron chi connectivity index (χ0n) is 17.4. The van der Waals surface area contributed by atoms with E-state index in [2.05, 4.69) is 20.6 Å². The van der Waals surface area contributed by atoms with Crippen LogP contribution in [0.3, 0.4) is 0 Å². The lowest BCUT2D eigenvalue weighted by Gasteiger charge is -2.28. The van der Waals surface area contributed by atoms with Crippen molar-refractivity contribution in [3.05, 3.63) is 42.2 Å². The molecule has 0 aromatic carbocycles. The first kappa shape index (κ1) is 22.3. The fourth-order valence-electron chi connectivity index (χ4n) is 3.70. The van der Waals surface area contributed by atoms with Gasteiger partial charge in [-0.15, -0.1) is 0 Å². The molecule has 0 radical (unpaired) electrons. The largest absolute Gasteiger partial charge is 0.496 e. The van der Waals surface area contributed by atoms with Crippen LogP contribution in [0, 0.1) is 0 Å². The lowest BCUT2D eigenvalue weighted by atomic mass is 9.96. The second-order valence-corrected chi connectivity index (χ2v) is 7.86. The topological polar surface area (TPSA) is 83.7 Å². The molecule has 3 N–H and O–H groups in total. The fourth-order valence-corrected chi connectivity index (χ4v) is 3.70. The third kappa shape index (κ3) is 3.97. The summed E-state index contributed by atoms with van der Waals surface area (Å²) >= 11 is 0. The summed E-state index contributed by atoms with van der Waals surface area (Å²) in [5, 5.41) is 16.4. The third-order valence-corrected chi connectivity index (χ3v) is 5.65. The Morgan fingerprint density at radius 2 is 2.09 bits per heavy atom. The molecule has 1 aliphatic heterocycles. The predicted molar refractivity (Wildman–Crippen MR) is 110 cm³/mol. The van der Waals surface area contributed by atoms with Crippen LogP contribution >= 0.6 is 0 Å². The van der Waals surface area contributed by atoms with Crippen LogP contribution in [-0.4, -0.2) is 58.1 Å². The number of nitrogens with zero attached hydrogens (tertiary/aromatic N) is 3. The van der Waals surface area contributed by atoms with Crippen LogP contribution in [0.4, 0.5) is 23.4 Å². The van der Waals surface area contributed by atoms with Crippen LogP contribution < -0.4 is 15.4 Å². The Hall–Kier alpha value is -2.92. The number of hydrogen-bond donors (Lipinski definition) is 3. The molecule has 0 saturated carbocycles. The number of aromatic nitrogens is 3. The maximum atomic E-state index is 14.2. The molecular weight excluding hydrogens is 430 g/mol. The number of pyridine rings is 2. The van der Waals surface area contributed by atoms with Gasteiger partial charge < -0.3 is 20.5 Å². The first-order valence-corrected chi connectivity index (χ1v) is 10.0. The van der Waals surface area contributed by atoms with Crippen LogP contribution in [0.15, 0.2) is 36.7 Å². The number of nitrogens with one attached hydrogen (secondary N) is 2. The molecule has 0 bridgehead atoms. The van der Waals surface area contributed by atoms with Gasteiger partial charge in [0, 0.05) is 18.8 Å². The third-order valence-electron chi connectivity index (χ3n) is 5.65. The maximum absolute atomic E-state index is 14.2. The van der Waals surface area contributed by atoms with Crippen molar-refractivity contribution in [2.24, 2.45) is 0 Å². The summed E-state index contributed by atoms with van der Waals surface area (Å²) in [6.45, 7) is 1.74. The Labute approximate surface area is 181 Å². The number of anilines is 1. The summed E-state index contributed by atoms with van der Waals surface area (Å²) in [4.78, 5) is 8.73. The highest BCUT2D eigenvalue weighted by Gasteiger charge is 2.53. The summed E-state index contributed by atoms with van der Waals surface area (Å²) < 4.78 is 61.2. The quantitative estimate of drug-likeness (QED) is 0.515. The van der Waals surface area contributed by atoms with Crippen molar-refractivity contribution >= 4 is 11.5 Å². The lowest BCUT2D eigenvalue weighted by Crippen LogP contribution is -2.46. The van der Waals surface area contributed by atoms with E-state index in [-0.39, 0.29) is 5.75 Å². The minimum atomic E-state index is -4.92. The van der Waals surface area contributed by atoms with Crippen molar-refractivity contribution in [1.29, 1.82) is 0 Å². The van der Waals surface area contributed by atoms with Crippen LogP contribution in [0.25, 0.3) is 17.0 Å². The molecule has 1 aliphatic rings. The highest BCUT2D eigenvalue weighted by atomic mass is 19.4. The van der Waals surface area contributed by atoms with E-state index in [4.69, 9.17) is 4.74 Å². The zero-order chi connectivity index (χ0) is 23.1. The normalized spacial score (nSPS) is 21.3. The Morgan fingerprint density at radius 1 is 1.31 bits per heavy atom. The first-order chi connectivity index (χ1) is 15.1. The smallest absolute Gasteiger partial charge is 0.421 e. The van der Waals surface area contributed by atoms with Crippen molar-refractivity contribution in [3.8, 4) is 17.1 Å². The van der Waals surface area contributed by atoms with Crippen molar-refractivity contribution in [1.82, 2.24) is 19.7 Å². The average Bonchev–Trinajstić information content (AvgIpc) is 3.17. The summed E-state index contributed by atoms with van der Waals surface area (Å²) in [7, 11) is 1.22. The second kappa shape index (κ2) is 8.21. The van der Waals surface area contributed by atoms with Gasteiger partial charge in [0.05, 0.1) is 36.3 Å².